The highest BCUT2D eigenvalue weighted by Crippen LogP contribution is 2.45. The smallest absolute Gasteiger partial charge is 0.239 e. The fraction of sp³-hybridized carbons (Fsp3) is 0.174. The van der Waals surface area contributed by atoms with E-state index in [0.29, 0.717) is 0 Å². The monoisotopic (exact) mass is 435 g/mol. The van der Waals surface area contributed by atoms with Crippen molar-refractivity contribution in [3.63, 3.8) is 0 Å². The van der Waals surface area contributed by atoms with Gasteiger partial charge in [-0.3, -0.25) is 9.59 Å². The van der Waals surface area contributed by atoms with Crippen LogP contribution in [-0.4, -0.2) is 23.7 Å². The van der Waals surface area contributed by atoms with Gasteiger partial charge in [-0.1, -0.05) is 47.4 Å². The van der Waals surface area contributed by atoms with Crippen LogP contribution in [0.3, 0.4) is 0 Å². The number of para-hydroxylation sites is 2. The first-order chi connectivity index (χ1) is 14.5. The van der Waals surface area contributed by atoms with E-state index in [9.17, 15) is 14.7 Å². The van der Waals surface area contributed by atoms with Crippen LogP contribution in [0.5, 0.6) is 0 Å². The van der Waals surface area contributed by atoms with Gasteiger partial charge in [-0.05, 0) is 24.3 Å². The van der Waals surface area contributed by atoms with Gasteiger partial charge in [0.1, 0.15) is 11.7 Å². The molecule has 1 aliphatic carbocycles. The number of aryl methyl sites for hydroxylation is 1. The van der Waals surface area contributed by atoms with Gasteiger partial charge < -0.3 is 10.0 Å². The van der Waals surface area contributed by atoms with E-state index in [1.54, 1.807) is 17.4 Å². The van der Waals surface area contributed by atoms with E-state index in [0.717, 1.165) is 30.8 Å². The second-order valence-corrected chi connectivity index (χ2v) is 9.56. The second kappa shape index (κ2) is 7.11. The molecule has 1 aromatic heterocycles. The minimum Gasteiger partial charge on any atom is -0.504 e. The molecule has 0 saturated carbocycles. The number of Topliss-reactive ketones (excluding diaryl/α,β-unsaturated/α-hetero) is 2. The molecular formula is C23H19N2O3S2+. The van der Waals surface area contributed by atoms with Gasteiger partial charge in [0.25, 0.3) is 0 Å². The normalized spacial score (nSPS) is 20.1. The van der Waals surface area contributed by atoms with Crippen molar-refractivity contribution in [3.05, 3.63) is 76.0 Å². The van der Waals surface area contributed by atoms with Crippen molar-refractivity contribution in [1.29, 1.82) is 0 Å². The van der Waals surface area contributed by atoms with Crippen molar-refractivity contribution in [3.8, 4) is 0 Å². The predicted molar refractivity (Wildman–Crippen MR) is 119 cm³/mol. The van der Waals surface area contributed by atoms with E-state index in [-0.39, 0.29) is 17.8 Å². The summed E-state index contributed by atoms with van der Waals surface area (Å²) in [5.74, 6) is -2.11. The molecule has 0 spiro atoms. The van der Waals surface area contributed by atoms with Crippen LogP contribution < -0.4 is 9.47 Å². The molecule has 1 unspecified atom stereocenters. The summed E-state index contributed by atoms with van der Waals surface area (Å²) in [6, 6.07) is 15.9. The zero-order chi connectivity index (χ0) is 21.0. The number of carbonyl (C=O) groups is 2. The number of anilines is 1. The third-order valence-electron chi connectivity index (χ3n) is 5.63. The van der Waals surface area contributed by atoms with Gasteiger partial charge in [-0.2, -0.15) is 4.57 Å². The molecule has 0 saturated heterocycles. The van der Waals surface area contributed by atoms with E-state index in [1.165, 1.54) is 11.8 Å². The number of nitrogens with zero attached hydrogens (tertiary/aromatic N) is 2. The van der Waals surface area contributed by atoms with E-state index >= 15 is 0 Å². The summed E-state index contributed by atoms with van der Waals surface area (Å²) in [5.41, 5.74) is 2.21. The summed E-state index contributed by atoms with van der Waals surface area (Å²) < 4.78 is 3.12. The maximum Gasteiger partial charge on any atom is 0.239 e. The molecule has 0 amide bonds. The largest absolute Gasteiger partial charge is 0.504 e. The van der Waals surface area contributed by atoms with Gasteiger partial charge in [0, 0.05) is 18.0 Å². The summed E-state index contributed by atoms with van der Waals surface area (Å²) in [6.45, 7) is 0. The number of ketones is 2. The van der Waals surface area contributed by atoms with Crippen molar-refractivity contribution in [2.75, 3.05) is 11.9 Å². The van der Waals surface area contributed by atoms with Crippen LogP contribution >= 0.6 is 23.1 Å². The van der Waals surface area contributed by atoms with E-state index < -0.39 is 17.5 Å². The maximum atomic E-state index is 13.1. The number of aromatic nitrogens is 1. The predicted octanol–water partition coefficient (Wildman–Crippen LogP) is 3.93. The highest BCUT2D eigenvalue weighted by atomic mass is 32.2. The molecular weight excluding hydrogens is 416 g/mol. The number of thiazole rings is 1. The summed E-state index contributed by atoms with van der Waals surface area (Å²) in [5, 5.41) is 12.2. The number of carbonyl (C=O) groups excluding carboxylic acids is 2. The first-order valence-electron chi connectivity index (χ1n) is 9.56. The zero-order valence-electron chi connectivity index (χ0n) is 16.5. The lowest BCUT2D eigenvalue weighted by atomic mass is 9.99. The number of hydrogen-bond donors (Lipinski definition) is 1. The van der Waals surface area contributed by atoms with Crippen molar-refractivity contribution < 1.29 is 19.3 Å². The van der Waals surface area contributed by atoms with Crippen LogP contribution in [0, 0.1) is 5.92 Å². The molecule has 2 heterocycles. The van der Waals surface area contributed by atoms with Gasteiger partial charge in [0.05, 0.1) is 28.6 Å². The van der Waals surface area contributed by atoms with Crippen molar-refractivity contribution in [1.82, 2.24) is 0 Å². The topological polar surface area (TPSA) is 61.5 Å². The van der Waals surface area contributed by atoms with Gasteiger partial charge in [0.2, 0.25) is 16.3 Å². The van der Waals surface area contributed by atoms with Crippen LogP contribution in [0.2, 0.25) is 0 Å². The Labute approximate surface area is 181 Å². The molecule has 5 nitrogen and oxygen atoms in total. The van der Waals surface area contributed by atoms with Gasteiger partial charge in [0.15, 0.2) is 11.5 Å². The molecule has 0 radical (unpaired) electrons. The van der Waals surface area contributed by atoms with Gasteiger partial charge in [-0.25, -0.2) is 0 Å². The highest BCUT2D eigenvalue weighted by Gasteiger charge is 2.43. The van der Waals surface area contributed by atoms with Crippen molar-refractivity contribution in [2.24, 2.45) is 13.0 Å². The third kappa shape index (κ3) is 2.88. The lowest BCUT2D eigenvalue weighted by Gasteiger charge is -2.13. The molecule has 1 N–H and O–H groups in total. The number of allylic oxidation sites excluding steroid dienone is 3. The number of hydrogen-bond acceptors (Lipinski definition) is 6. The number of thioether (sulfide) groups is 1. The molecule has 0 fully saturated rings. The van der Waals surface area contributed by atoms with E-state index in [1.807, 2.05) is 72.1 Å². The first-order valence-corrected chi connectivity index (χ1v) is 11.2. The molecule has 0 bridgehead atoms. The van der Waals surface area contributed by atoms with Crippen molar-refractivity contribution >= 4 is 50.6 Å². The van der Waals surface area contributed by atoms with Crippen LogP contribution in [0.15, 0.2) is 75.9 Å². The number of benzene rings is 2. The Balaban J connectivity index is 1.44. The summed E-state index contributed by atoms with van der Waals surface area (Å²) >= 11 is 3.10. The van der Waals surface area contributed by atoms with E-state index in [2.05, 4.69) is 0 Å². The molecule has 7 heteroatoms. The second-order valence-electron chi connectivity index (χ2n) is 7.38. The average molecular weight is 436 g/mol. The number of rotatable bonds is 3. The number of aliphatic hydroxyl groups excluding tert-OH is 1. The standard InChI is InChI=1S/C23H18N2O3S2/c1-24-15-7-3-5-9-17(15)29-19(24)11-13-21(26)14(23(28)22(13)27)12-20-25(2)16-8-4-6-10-18(16)30-20/h3-11,14H,12H2,1-2H3/p+1/b19-11-. The van der Waals surface area contributed by atoms with Gasteiger partial charge >= 0.3 is 0 Å². The van der Waals surface area contributed by atoms with Crippen LogP contribution in [0.4, 0.5) is 5.69 Å². The minimum absolute atomic E-state index is 0.107. The molecule has 2 aromatic carbocycles. The summed E-state index contributed by atoms with van der Waals surface area (Å²) in [7, 11) is 3.85. The molecule has 150 valence electrons. The Hall–Kier alpha value is -2.90. The van der Waals surface area contributed by atoms with Crippen molar-refractivity contribution in [2.45, 2.75) is 11.3 Å². The fourth-order valence-electron chi connectivity index (χ4n) is 3.92. The van der Waals surface area contributed by atoms with Crippen LogP contribution in [0.25, 0.3) is 10.2 Å². The summed E-state index contributed by atoms with van der Waals surface area (Å²) in [6.07, 6.45) is 1.93. The van der Waals surface area contributed by atoms with Gasteiger partial charge in [-0.15, -0.1) is 0 Å². The SMILES string of the molecule is CN1/C(=C/C2=C(O)C(=O)C(Cc3sc4ccccc4[n+]3C)C2=O)Sc2ccccc21. The number of fused-ring (bicyclic) bond motifs is 2. The Morgan fingerprint density at radius 2 is 1.83 bits per heavy atom. The molecule has 1 aliphatic heterocycles. The molecule has 3 aromatic rings. The fourth-order valence-corrected chi connectivity index (χ4v) is 6.21. The molecule has 5 rings (SSSR count). The number of aliphatic hydroxyl groups is 1. The minimum atomic E-state index is -0.879. The van der Waals surface area contributed by atoms with Crippen LogP contribution in [0.1, 0.15) is 5.01 Å². The first kappa shape index (κ1) is 19.1. The zero-order valence-corrected chi connectivity index (χ0v) is 18.1. The lowest BCUT2D eigenvalue weighted by molar-refractivity contribution is -0.648. The Morgan fingerprint density at radius 1 is 1.10 bits per heavy atom. The lowest BCUT2D eigenvalue weighted by Crippen LogP contribution is -2.34. The Kier molecular flexibility index (Phi) is 4.52. The van der Waals surface area contributed by atoms with Crippen LogP contribution in [-0.2, 0) is 23.1 Å². The average Bonchev–Trinajstić information content (AvgIpc) is 3.31. The van der Waals surface area contributed by atoms with E-state index in [4.69, 9.17) is 0 Å². The maximum absolute atomic E-state index is 13.1. The quantitative estimate of drug-likeness (QED) is 0.499. The Bertz CT molecular complexity index is 1290. The Morgan fingerprint density at radius 3 is 2.60 bits per heavy atom. The third-order valence-corrected chi connectivity index (χ3v) is 8.04. The molecule has 2 aliphatic rings. The summed E-state index contributed by atoms with van der Waals surface area (Å²) in [4.78, 5) is 28.9. The highest BCUT2D eigenvalue weighted by molar-refractivity contribution is 8.03. The molecule has 30 heavy (non-hydrogen) atoms. The molecule has 1 atom stereocenters.